The van der Waals surface area contributed by atoms with Crippen LogP contribution in [0.4, 0.5) is 5.82 Å². The van der Waals surface area contributed by atoms with E-state index in [1.807, 2.05) is 13.0 Å². The molecule has 4 N–H and O–H groups in total. The molecule has 6 rings (SSSR count). The first-order chi connectivity index (χ1) is 16.4. The summed E-state index contributed by atoms with van der Waals surface area (Å²) in [6.45, 7) is 2.10. The van der Waals surface area contributed by atoms with Gasteiger partial charge in [-0.3, -0.25) is 10.2 Å². The maximum atomic E-state index is 12.8. The Morgan fingerprint density at radius 1 is 1.18 bits per heavy atom. The number of carbonyl (C=O) groups is 1. The molecule has 0 atom stereocenters. The summed E-state index contributed by atoms with van der Waals surface area (Å²) < 4.78 is 1.77. The number of hydrogen-bond acceptors (Lipinski definition) is 4. The van der Waals surface area contributed by atoms with Crippen LogP contribution in [0.15, 0.2) is 51.6 Å². The fourth-order valence-electron chi connectivity index (χ4n) is 5.08. The zero-order valence-corrected chi connectivity index (χ0v) is 18.4. The molecule has 168 valence electrons. The summed E-state index contributed by atoms with van der Waals surface area (Å²) in [5.41, 5.74) is 5.87. The number of aromatic amines is 1. The maximum Gasteiger partial charge on any atom is 0.353 e. The van der Waals surface area contributed by atoms with Crippen LogP contribution in [0.3, 0.4) is 0 Å². The quantitative estimate of drug-likeness (QED) is 0.437. The van der Waals surface area contributed by atoms with Crippen molar-refractivity contribution >= 4 is 28.5 Å². The van der Waals surface area contributed by atoms with Gasteiger partial charge in [0.2, 0.25) is 5.82 Å². The Kier molecular flexibility index (Phi) is 4.35. The van der Waals surface area contributed by atoms with Crippen molar-refractivity contribution < 1.29 is 15.3 Å². The lowest BCUT2D eigenvalue weighted by Gasteiger charge is -2.12. The van der Waals surface area contributed by atoms with E-state index in [4.69, 9.17) is 5.41 Å². The van der Waals surface area contributed by atoms with Gasteiger partial charge in [0, 0.05) is 33.9 Å². The first-order valence-corrected chi connectivity index (χ1v) is 11.1. The number of nitrogens with zero attached hydrogens (tertiary/aromatic N) is 4. The van der Waals surface area contributed by atoms with E-state index in [-0.39, 0.29) is 23.6 Å². The predicted molar refractivity (Wildman–Crippen MR) is 126 cm³/mol. The van der Waals surface area contributed by atoms with Crippen molar-refractivity contribution in [2.45, 2.75) is 32.7 Å². The van der Waals surface area contributed by atoms with E-state index in [0.717, 1.165) is 35.7 Å². The summed E-state index contributed by atoms with van der Waals surface area (Å²) >= 11 is 0. The van der Waals surface area contributed by atoms with Gasteiger partial charge >= 0.3 is 11.8 Å². The number of nitrogens with one attached hydrogen (secondary N) is 1. The molecule has 3 aromatic heterocycles. The molecule has 2 aliphatic rings. The molecule has 4 aromatic rings. The van der Waals surface area contributed by atoms with E-state index in [0.29, 0.717) is 28.2 Å². The van der Waals surface area contributed by atoms with Crippen LogP contribution in [0.5, 0.6) is 0 Å². The minimum atomic E-state index is -1.10. The second-order valence-corrected chi connectivity index (χ2v) is 8.71. The van der Waals surface area contributed by atoms with Crippen LogP contribution < -0.4 is 11.0 Å². The number of hydrogen-bond donors (Lipinski definition) is 3. The number of aryl methyl sites for hydroxylation is 3. The highest BCUT2D eigenvalue weighted by atomic mass is 16.4. The van der Waals surface area contributed by atoms with Gasteiger partial charge in [-0.05, 0) is 78.3 Å². The number of benzene rings is 1. The molecule has 9 heteroatoms. The van der Waals surface area contributed by atoms with Crippen molar-refractivity contribution in [1.82, 2.24) is 14.5 Å². The second kappa shape index (κ2) is 7.31. The smallest absolute Gasteiger partial charge is 0.353 e. The topological polar surface area (TPSA) is 138 Å². The van der Waals surface area contributed by atoms with Gasteiger partial charge in [-0.15, -0.1) is 0 Å². The molecule has 9 nitrogen and oxygen atoms in total. The predicted octanol–water partition coefficient (Wildman–Crippen LogP) is 2.54. The minimum absolute atomic E-state index is 0.0709. The molecule has 0 saturated heterocycles. The van der Waals surface area contributed by atoms with Crippen LogP contribution in [0, 0.1) is 6.92 Å². The molecule has 0 bridgehead atoms. The van der Waals surface area contributed by atoms with Gasteiger partial charge in [-0.25, -0.2) is 9.78 Å². The number of azo groups is 1. The lowest BCUT2D eigenvalue weighted by Crippen LogP contribution is -2.37. The Morgan fingerprint density at radius 3 is 2.74 bits per heavy atom. The number of carboxylic acid groups (broad SMARTS) is 1. The Labute approximate surface area is 193 Å². The van der Waals surface area contributed by atoms with Gasteiger partial charge in [0.25, 0.3) is 5.56 Å². The molecule has 0 spiro atoms. The number of H-pyrrole nitrogens is 1. The Balaban J connectivity index is 1.65. The summed E-state index contributed by atoms with van der Waals surface area (Å²) in [6.07, 6.45) is 4.50. The summed E-state index contributed by atoms with van der Waals surface area (Å²) in [5.74, 6) is -0.352. The molecule has 34 heavy (non-hydrogen) atoms. The summed E-state index contributed by atoms with van der Waals surface area (Å²) in [5, 5.41) is 25.0. The normalized spacial score (nSPS) is 14.1. The molecule has 0 radical (unpaired) electrons. The monoisotopic (exact) mass is 453 g/mol. The molecule has 0 saturated carbocycles. The van der Waals surface area contributed by atoms with Gasteiger partial charge in [-0.1, -0.05) is 0 Å². The van der Waals surface area contributed by atoms with E-state index in [2.05, 4.69) is 32.3 Å². The zero-order valence-electron chi connectivity index (χ0n) is 18.4. The van der Waals surface area contributed by atoms with Crippen LogP contribution in [-0.2, 0) is 19.4 Å². The summed E-state index contributed by atoms with van der Waals surface area (Å²) in [6, 6.07) is 9.37. The SMILES string of the molecule is Cc1nc2c(cc1Cn1c(C(=O)O)c(-c3ccc[nH]c3=O)c3cc4c(cc31)CCC4)C(=[NH2+])N=N2. The molecule has 1 aliphatic heterocycles. The molecule has 0 unspecified atom stereocenters. The van der Waals surface area contributed by atoms with Crippen LogP contribution in [-0.4, -0.2) is 31.4 Å². The lowest BCUT2D eigenvalue weighted by molar-refractivity contribution is -0.114. The molecular weight excluding hydrogens is 432 g/mol. The van der Waals surface area contributed by atoms with Gasteiger partial charge in [-0.2, -0.15) is 0 Å². The van der Waals surface area contributed by atoms with E-state index < -0.39 is 5.97 Å². The van der Waals surface area contributed by atoms with Gasteiger partial charge in [0.15, 0.2) is 0 Å². The maximum absolute atomic E-state index is 12.8. The molecule has 1 aliphatic carbocycles. The average molecular weight is 453 g/mol. The molecule has 0 amide bonds. The zero-order chi connectivity index (χ0) is 23.6. The van der Waals surface area contributed by atoms with E-state index in [1.165, 1.54) is 11.1 Å². The van der Waals surface area contributed by atoms with Crippen molar-refractivity contribution in [3.05, 3.63) is 80.5 Å². The third-order valence-corrected chi connectivity index (χ3v) is 6.72. The Bertz CT molecular complexity index is 1640. The van der Waals surface area contributed by atoms with Crippen molar-refractivity contribution in [3.8, 4) is 11.1 Å². The largest absolute Gasteiger partial charge is 0.477 e. The highest BCUT2D eigenvalue weighted by molar-refractivity contribution is 6.08. The van der Waals surface area contributed by atoms with Gasteiger partial charge < -0.3 is 14.7 Å². The number of rotatable bonds is 4. The number of amidine groups is 1. The Hall–Kier alpha value is -4.40. The van der Waals surface area contributed by atoms with Crippen molar-refractivity contribution in [2.75, 3.05) is 0 Å². The van der Waals surface area contributed by atoms with E-state index in [9.17, 15) is 14.7 Å². The van der Waals surface area contributed by atoms with Crippen LogP contribution in [0.1, 0.15) is 44.9 Å². The van der Waals surface area contributed by atoms with Crippen molar-refractivity contribution in [2.24, 2.45) is 10.2 Å². The van der Waals surface area contributed by atoms with Gasteiger partial charge in [0.05, 0.1) is 11.7 Å². The fourth-order valence-corrected chi connectivity index (χ4v) is 5.08. The number of aromatic nitrogens is 3. The number of aromatic carboxylic acids is 1. The molecule has 1 aromatic carbocycles. The molecular formula is C25H21N6O3+. The van der Waals surface area contributed by atoms with Crippen LogP contribution >= 0.6 is 0 Å². The molecule has 0 fully saturated rings. The van der Waals surface area contributed by atoms with Crippen LogP contribution in [0.25, 0.3) is 22.0 Å². The van der Waals surface area contributed by atoms with E-state index >= 15 is 0 Å². The molecule has 4 heterocycles. The van der Waals surface area contributed by atoms with Crippen molar-refractivity contribution in [1.29, 1.82) is 0 Å². The standard InChI is InChI=1S/C25H20N6O3/c1-12-15(9-18-22(26)29-30-23(18)28-12)11-31-19-10-14-5-2-4-13(14)8-17(19)20(21(31)25(33)34)16-6-3-7-27-24(16)32/h3,6-10,26H,2,4-5,11H2,1H3,(H,27,32)(H,33,34)/p+1. The second-order valence-electron chi connectivity index (χ2n) is 8.71. The van der Waals surface area contributed by atoms with Gasteiger partial charge in [0.1, 0.15) is 11.3 Å². The van der Waals surface area contributed by atoms with E-state index in [1.54, 1.807) is 22.9 Å². The first-order valence-electron chi connectivity index (χ1n) is 11.1. The highest BCUT2D eigenvalue weighted by Gasteiger charge is 2.29. The summed E-state index contributed by atoms with van der Waals surface area (Å²) in [4.78, 5) is 32.6. The average Bonchev–Trinajstić information content (AvgIpc) is 3.49. The number of nitrogens with two attached hydrogens (primary N) is 1. The number of carboxylic acids is 1. The first kappa shape index (κ1) is 20.2. The number of pyridine rings is 2. The minimum Gasteiger partial charge on any atom is -0.477 e. The third kappa shape index (κ3) is 2.93. The van der Waals surface area contributed by atoms with Crippen LogP contribution in [0.2, 0.25) is 0 Å². The highest BCUT2D eigenvalue weighted by Crippen LogP contribution is 2.38. The Morgan fingerprint density at radius 2 is 1.97 bits per heavy atom. The summed E-state index contributed by atoms with van der Waals surface area (Å²) in [7, 11) is 0. The number of fused-ring (bicyclic) bond motifs is 3. The third-order valence-electron chi connectivity index (χ3n) is 6.72. The van der Waals surface area contributed by atoms with Crippen molar-refractivity contribution in [3.63, 3.8) is 0 Å². The fraction of sp³-hybridized carbons (Fsp3) is 0.200. The lowest BCUT2D eigenvalue weighted by atomic mass is 10.00.